The van der Waals surface area contributed by atoms with Crippen LogP contribution in [-0.4, -0.2) is 17.1 Å². The van der Waals surface area contributed by atoms with Crippen molar-refractivity contribution in [2.24, 2.45) is 0 Å². The van der Waals surface area contributed by atoms with Crippen molar-refractivity contribution < 1.29 is 9.90 Å². The quantitative estimate of drug-likeness (QED) is 0.797. The molecule has 0 spiro atoms. The van der Waals surface area contributed by atoms with Crippen molar-refractivity contribution in [1.29, 1.82) is 0 Å². The zero-order valence-electron chi connectivity index (χ0n) is 8.79. The van der Waals surface area contributed by atoms with Crippen LogP contribution >= 0.6 is 0 Å². The molecule has 0 saturated heterocycles. The first-order chi connectivity index (χ1) is 7.16. The lowest BCUT2D eigenvalue weighted by molar-refractivity contribution is 0.0696. The largest absolute Gasteiger partial charge is 0.478 e. The Bertz CT molecular complexity index is 383. The van der Waals surface area contributed by atoms with E-state index in [1.165, 1.54) is 19.3 Å². The fourth-order valence-corrected chi connectivity index (χ4v) is 1.78. The first kappa shape index (κ1) is 10.0. The lowest BCUT2D eigenvalue weighted by Crippen LogP contribution is -2.26. The fraction of sp³-hybridized carbons (Fsp3) is 0.417. The smallest absolute Gasteiger partial charge is 0.335 e. The molecular formula is C12H15NO2. The third-order valence-electron chi connectivity index (χ3n) is 2.93. The number of carboxylic acid groups (broad SMARTS) is 1. The van der Waals surface area contributed by atoms with Crippen LogP contribution in [0.5, 0.6) is 0 Å². The zero-order chi connectivity index (χ0) is 10.8. The molecule has 0 atom stereocenters. The van der Waals surface area contributed by atoms with E-state index in [1.807, 2.05) is 19.1 Å². The predicted octanol–water partition coefficient (Wildman–Crippen LogP) is 2.66. The van der Waals surface area contributed by atoms with Gasteiger partial charge in [0.15, 0.2) is 0 Å². The van der Waals surface area contributed by atoms with Gasteiger partial charge in [-0.05, 0) is 49.9 Å². The maximum Gasteiger partial charge on any atom is 0.335 e. The molecule has 1 aromatic rings. The Kier molecular flexibility index (Phi) is 2.62. The molecular weight excluding hydrogens is 190 g/mol. The van der Waals surface area contributed by atoms with Crippen molar-refractivity contribution in [3.63, 3.8) is 0 Å². The van der Waals surface area contributed by atoms with Crippen molar-refractivity contribution in [3.05, 3.63) is 29.3 Å². The molecule has 3 nitrogen and oxygen atoms in total. The number of hydrogen-bond acceptors (Lipinski definition) is 2. The molecule has 1 aromatic carbocycles. The van der Waals surface area contributed by atoms with E-state index >= 15 is 0 Å². The van der Waals surface area contributed by atoms with Crippen molar-refractivity contribution in [2.45, 2.75) is 32.2 Å². The summed E-state index contributed by atoms with van der Waals surface area (Å²) in [4.78, 5) is 10.8. The second-order valence-corrected chi connectivity index (χ2v) is 4.11. The van der Waals surface area contributed by atoms with Gasteiger partial charge in [0.25, 0.3) is 0 Å². The van der Waals surface area contributed by atoms with Gasteiger partial charge in [-0.3, -0.25) is 0 Å². The Hall–Kier alpha value is -1.51. The number of anilines is 1. The van der Waals surface area contributed by atoms with Gasteiger partial charge in [0.2, 0.25) is 0 Å². The summed E-state index contributed by atoms with van der Waals surface area (Å²) < 4.78 is 0. The van der Waals surface area contributed by atoms with Crippen LogP contribution in [0.2, 0.25) is 0 Å². The molecule has 80 valence electrons. The minimum atomic E-state index is -0.859. The highest BCUT2D eigenvalue weighted by Crippen LogP contribution is 2.24. The van der Waals surface area contributed by atoms with Crippen LogP contribution in [0.3, 0.4) is 0 Å². The average Bonchev–Trinajstić information content (AvgIpc) is 2.11. The molecule has 1 aliphatic carbocycles. The summed E-state index contributed by atoms with van der Waals surface area (Å²) in [5.41, 5.74) is 2.23. The van der Waals surface area contributed by atoms with E-state index in [9.17, 15) is 4.79 Å². The van der Waals surface area contributed by atoms with E-state index < -0.39 is 5.97 Å². The fourth-order valence-electron chi connectivity index (χ4n) is 1.78. The van der Waals surface area contributed by atoms with Gasteiger partial charge in [-0.2, -0.15) is 0 Å². The maximum absolute atomic E-state index is 10.8. The van der Waals surface area contributed by atoms with E-state index in [4.69, 9.17) is 5.11 Å². The number of nitrogens with one attached hydrogen (secondary N) is 1. The number of rotatable bonds is 3. The number of carbonyl (C=O) groups is 1. The van der Waals surface area contributed by atoms with Gasteiger partial charge in [0, 0.05) is 11.7 Å². The molecule has 3 heteroatoms. The van der Waals surface area contributed by atoms with Crippen LogP contribution in [0.15, 0.2) is 18.2 Å². The normalized spacial score (nSPS) is 15.8. The summed E-state index contributed by atoms with van der Waals surface area (Å²) in [6.45, 7) is 1.83. The lowest BCUT2D eigenvalue weighted by atomic mass is 9.93. The Balaban J connectivity index is 2.13. The van der Waals surface area contributed by atoms with E-state index in [0.29, 0.717) is 11.6 Å². The molecule has 2 N–H and O–H groups in total. The maximum atomic E-state index is 10.8. The van der Waals surface area contributed by atoms with Gasteiger partial charge < -0.3 is 10.4 Å². The van der Waals surface area contributed by atoms with Crippen molar-refractivity contribution in [2.75, 3.05) is 5.32 Å². The van der Waals surface area contributed by atoms with Gasteiger partial charge in [0.05, 0.1) is 5.56 Å². The van der Waals surface area contributed by atoms with Crippen LogP contribution in [0, 0.1) is 6.92 Å². The summed E-state index contributed by atoms with van der Waals surface area (Å²) in [6, 6.07) is 6.00. The van der Waals surface area contributed by atoms with Gasteiger partial charge in [-0.25, -0.2) is 4.79 Å². The molecule has 0 aliphatic heterocycles. The zero-order valence-corrected chi connectivity index (χ0v) is 8.79. The number of benzene rings is 1. The molecule has 1 saturated carbocycles. The van der Waals surface area contributed by atoms with Gasteiger partial charge in [0.1, 0.15) is 0 Å². The molecule has 15 heavy (non-hydrogen) atoms. The van der Waals surface area contributed by atoms with Crippen LogP contribution in [-0.2, 0) is 0 Å². The molecule has 2 rings (SSSR count). The second kappa shape index (κ2) is 3.93. The van der Waals surface area contributed by atoms with E-state index in [2.05, 4.69) is 5.32 Å². The Labute approximate surface area is 89.1 Å². The third kappa shape index (κ3) is 2.12. The highest BCUT2D eigenvalue weighted by atomic mass is 16.4. The minimum Gasteiger partial charge on any atom is -0.478 e. The van der Waals surface area contributed by atoms with Crippen LogP contribution < -0.4 is 5.32 Å². The number of aryl methyl sites for hydroxylation is 1. The topological polar surface area (TPSA) is 49.3 Å². The molecule has 0 radical (unpaired) electrons. The van der Waals surface area contributed by atoms with Crippen LogP contribution in [0.25, 0.3) is 0 Å². The number of carboxylic acids is 1. The minimum absolute atomic E-state index is 0.383. The molecule has 0 heterocycles. The van der Waals surface area contributed by atoms with Crippen molar-refractivity contribution in [3.8, 4) is 0 Å². The summed E-state index contributed by atoms with van der Waals surface area (Å²) in [6.07, 6.45) is 3.74. The first-order valence-electron chi connectivity index (χ1n) is 5.27. The first-order valence-corrected chi connectivity index (χ1v) is 5.27. The van der Waals surface area contributed by atoms with Crippen LogP contribution in [0.1, 0.15) is 35.2 Å². The molecule has 0 amide bonds. The molecule has 1 fully saturated rings. The van der Waals surface area contributed by atoms with E-state index in [-0.39, 0.29) is 0 Å². The number of hydrogen-bond donors (Lipinski definition) is 2. The standard InChI is InChI=1S/C12H15NO2/c1-8-7-10(13-9-3-2-4-9)5-6-11(8)12(14)15/h5-7,9,13H,2-4H2,1H3,(H,14,15). The molecule has 1 aliphatic rings. The van der Waals surface area contributed by atoms with Crippen molar-refractivity contribution >= 4 is 11.7 Å². The molecule has 0 bridgehead atoms. The van der Waals surface area contributed by atoms with Gasteiger partial charge in [-0.15, -0.1) is 0 Å². The highest BCUT2D eigenvalue weighted by Gasteiger charge is 2.17. The lowest BCUT2D eigenvalue weighted by Gasteiger charge is -2.27. The third-order valence-corrected chi connectivity index (χ3v) is 2.93. The van der Waals surface area contributed by atoms with Crippen molar-refractivity contribution in [1.82, 2.24) is 0 Å². The average molecular weight is 205 g/mol. The van der Waals surface area contributed by atoms with E-state index in [1.54, 1.807) is 6.07 Å². The van der Waals surface area contributed by atoms with Gasteiger partial charge in [-0.1, -0.05) is 0 Å². The second-order valence-electron chi connectivity index (χ2n) is 4.11. The SMILES string of the molecule is Cc1cc(NC2CCC2)ccc1C(=O)O. The van der Waals surface area contributed by atoms with Gasteiger partial charge >= 0.3 is 5.97 Å². The molecule has 0 aromatic heterocycles. The Morgan fingerprint density at radius 3 is 2.67 bits per heavy atom. The summed E-state index contributed by atoms with van der Waals surface area (Å²) in [5.74, 6) is -0.859. The monoisotopic (exact) mass is 205 g/mol. The molecule has 0 unspecified atom stereocenters. The predicted molar refractivity (Wildman–Crippen MR) is 59.4 cm³/mol. The Morgan fingerprint density at radius 1 is 1.47 bits per heavy atom. The highest BCUT2D eigenvalue weighted by molar-refractivity contribution is 5.89. The Morgan fingerprint density at radius 2 is 2.20 bits per heavy atom. The van der Waals surface area contributed by atoms with Crippen LogP contribution in [0.4, 0.5) is 5.69 Å². The van der Waals surface area contributed by atoms with E-state index in [0.717, 1.165) is 11.3 Å². The summed E-state index contributed by atoms with van der Waals surface area (Å²) in [7, 11) is 0. The number of aromatic carboxylic acids is 1. The summed E-state index contributed by atoms with van der Waals surface area (Å²) >= 11 is 0. The summed E-state index contributed by atoms with van der Waals surface area (Å²) in [5, 5.41) is 12.3.